The summed E-state index contributed by atoms with van der Waals surface area (Å²) >= 11 is 0. The molecule has 0 amide bonds. The van der Waals surface area contributed by atoms with Gasteiger partial charge in [0, 0.05) is 0 Å². The number of aryl methyl sites for hydroxylation is 1. The highest BCUT2D eigenvalue weighted by atomic mass is 16.3. The maximum absolute atomic E-state index is 11.6. The first-order valence-corrected chi connectivity index (χ1v) is 6.23. The fraction of sp³-hybridized carbons (Fsp3) is 0.429. The molecule has 0 spiro atoms. The van der Waals surface area contributed by atoms with Gasteiger partial charge in [-0.05, 0) is 30.0 Å². The van der Waals surface area contributed by atoms with Gasteiger partial charge in [-0.1, -0.05) is 26.8 Å². The molecule has 1 heterocycles. The molecule has 96 valence electrons. The fourth-order valence-electron chi connectivity index (χ4n) is 1.95. The van der Waals surface area contributed by atoms with E-state index < -0.39 is 6.10 Å². The molecule has 0 aliphatic heterocycles. The number of aliphatic hydroxyl groups is 1. The number of benzene rings is 1. The summed E-state index contributed by atoms with van der Waals surface area (Å²) in [7, 11) is 0. The van der Waals surface area contributed by atoms with Crippen molar-refractivity contribution in [2.24, 2.45) is 5.92 Å². The highest BCUT2D eigenvalue weighted by Gasteiger charge is 2.13. The van der Waals surface area contributed by atoms with Crippen LogP contribution in [0.3, 0.4) is 0 Å². The minimum absolute atomic E-state index is 0.137. The number of nitrogens with zero attached hydrogens (tertiary/aromatic N) is 1. The number of hydrogen-bond donors (Lipinski definition) is 2. The number of rotatable bonds is 3. The average molecular weight is 246 g/mol. The van der Waals surface area contributed by atoms with Crippen molar-refractivity contribution in [2.75, 3.05) is 0 Å². The molecule has 0 radical (unpaired) electrons. The number of aliphatic hydroxyl groups excluding tert-OH is 1. The summed E-state index contributed by atoms with van der Waals surface area (Å²) in [5.41, 5.74) is 2.65. The second kappa shape index (κ2) is 4.90. The summed E-state index contributed by atoms with van der Waals surface area (Å²) in [6.07, 6.45) is 0.0931. The molecule has 0 aliphatic rings. The molecule has 2 N–H and O–H groups in total. The van der Waals surface area contributed by atoms with E-state index in [0.717, 1.165) is 11.1 Å². The van der Waals surface area contributed by atoms with Gasteiger partial charge in [-0.15, -0.1) is 0 Å². The minimum atomic E-state index is -0.506. The van der Waals surface area contributed by atoms with Crippen LogP contribution in [0.2, 0.25) is 0 Å². The Balaban J connectivity index is 2.57. The van der Waals surface area contributed by atoms with Crippen LogP contribution < -0.4 is 5.56 Å². The van der Waals surface area contributed by atoms with Gasteiger partial charge in [0.05, 0.1) is 17.1 Å². The highest BCUT2D eigenvalue weighted by molar-refractivity contribution is 5.74. The molecular weight excluding hydrogens is 228 g/mol. The Morgan fingerprint density at radius 2 is 2.11 bits per heavy atom. The number of hydrogen-bond acceptors (Lipinski definition) is 3. The molecule has 18 heavy (non-hydrogen) atoms. The zero-order valence-electron chi connectivity index (χ0n) is 10.9. The third kappa shape index (κ3) is 2.29. The lowest BCUT2D eigenvalue weighted by molar-refractivity contribution is 0.127. The van der Waals surface area contributed by atoms with Gasteiger partial charge in [0.25, 0.3) is 5.56 Å². The SMILES string of the molecule is CCc1nc2cc(C(O)C(C)C)ccc2[nH]c1=O. The number of fused-ring (bicyclic) bond motifs is 1. The van der Waals surface area contributed by atoms with E-state index in [4.69, 9.17) is 0 Å². The van der Waals surface area contributed by atoms with Crippen molar-refractivity contribution < 1.29 is 5.11 Å². The van der Waals surface area contributed by atoms with E-state index in [1.54, 1.807) is 6.07 Å². The molecule has 0 aliphatic carbocycles. The summed E-state index contributed by atoms with van der Waals surface area (Å²) < 4.78 is 0. The van der Waals surface area contributed by atoms with Gasteiger partial charge >= 0.3 is 0 Å². The number of nitrogens with one attached hydrogen (secondary N) is 1. The van der Waals surface area contributed by atoms with Crippen molar-refractivity contribution in [3.8, 4) is 0 Å². The zero-order chi connectivity index (χ0) is 13.3. The Bertz CT molecular complexity index is 617. The maximum atomic E-state index is 11.6. The molecule has 2 rings (SSSR count). The average Bonchev–Trinajstić information content (AvgIpc) is 2.36. The zero-order valence-corrected chi connectivity index (χ0v) is 10.9. The van der Waals surface area contributed by atoms with Crippen LogP contribution in [0, 0.1) is 5.92 Å². The molecule has 1 aromatic carbocycles. The second-order valence-corrected chi connectivity index (χ2v) is 4.83. The van der Waals surface area contributed by atoms with E-state index >= 15 is 0 Å². The Morgan fingerprint density at radius 3 is 2.72 bits per heavy atom. The summed E-state index contributed by atoms with van der Waals surface area (Å²) in [5.74, 6) is 0.149. The predicted molar refractivity (Wildman–Crippen MR) is 71.5 cm³/mol. The Morgan fingerprint density at radius 1 is 1.39 bits per heavy atom. The van der Waals surface area contributed by atoms with Crippen molar-refractivity contribution in [2.45, 2.75) is 33.3 Å². The van der Waals surface area contributed by atoms with Crippen molar-refractivity contribution in [3.63, 3.8) is 0 Å². The van der Waals surface area contributed by atoms with E-state index in [2.05, 4.69) is 9.97 Å². The Labute approximate surface area is 106 Å². The van der Waals surface area contributed by atoms with Crippen LogP contribution in [-0.4, -0.2) is 15.1 Å². The van der Waals surface area contributed by atoms with E-state index in [1.165, 1.54) is 0 Å². The van der Waals surface area contributed by atoms with Gasteiger partial charge in [-0.2, -0.15) is 0 Å². The number of aromatic nitrogens is 2. The second-order valence-electron chi connectivity index (χ2n) is 4.83. The third-order valence-electron chi connectivity index (χ3n) is 3.10. The van der Waals surface area contributed by atoms with Crippen molar-refractivity contribution >= 4 is 11.0 Å². The molecule has 0 saturated heterocycles. The summed E-state index contributed by atoms with van der Waals surface area (Å²) in [4.78, 5) is 18.8. The van der Waals surface area contributed by atoms with Crippen LogP contribution in [-0.2, 0) is 6.42 Å². The lowest BCUT2D eigenvalue weighted by atomic mass is 9.99. The van der Waals surface area contributed by atoms with Crippen LogP contribution >= 0.6 is 0 Å². The van der Waals surface area contributed by atoms with Crippen molar-refractivity contribution in [1.82, 2.24) is 9.97 Å². The Kier molecular flexibility index (Phi) is 3.48. The van der Waals surface area contributed by atoms with Crippen LogP contribution in [0.1, 0.15) is 38.1 Å². The largest absolute Gasteiger partial charge is 0.388 e. The quantitative estimate of drug-likeness (QED) is 0.872. The fourth-order valence-corrected chi connectivity index (χ4v) is 1.95. The van der Waals surface area contributed by atoms with Gasteiger partial charge in [-0.3, -0.25) is 4.79 Å². The van der Waals surface area contributed by atoms with Gasteiger partial charge < -0.3 is 10.1 Å². The molecular formula is C14H18N2O2. The summed E-state index contributed by atoms with van der Waals surface area (Å²) in [6, 6.07) is 5.47. The summed E-state index contributed by atoms with van der Waals surface area (Å²) in [6.45, 7) is 5.83. The number of H-pyrrole nitrogens is 1. The molecule has 1 unspecified atom stereocenters. The molecule has 4 nitrogen and oxygen atoms in total. The monoisotopic (exact) mass is 246 g/mol. The molecule has 0 fully saturated rings. The minimum Gasteiger partial charge on any atom is -0.388 e. The third-order valence-corrected chi connectivity index (χ3v) is 3.10. The first-order chi connectivity index (χ1) is 8.52. The molecule has 4 heteroatoms. The van der Waals surface area contributed by atoms with Crippen LogP contribution in [0.4, 0.5) is 0 Å². The molecule has 0 saturated carbocycles. The molecule has 1 aromatic heterocycles. The van der Waals surface area contributed by atoms with Gasteiger partial charge in [-0.25, -0.2) is 4.98 Å². The molecule has 1 atom stereocenters. The lowest BCUT2D eigenvalue weighted by Gasteiger charge is -2.15. The number of aromatic amines is 1. The van der Waals surface area contributed by atoms with E-state index in [1.807, 2.05) is 32.9 Å². The first-order valence-electron chi connectivity index (χ1n) is 6.23. The highest BCUT2D eigenvalue weighted by Crippen LogP contribution is 2.23. The Hall–Kier alpha value is -1.68. The van der Waals surface area contributed by atoms with Gasteiger partial charge in [0.2, 0.25) is 0 Å². The van der Waals surface area contributed by atoms with E-state index in [-0.39, 0.29) is 11.5 Å². The van der Waals surface area contributed by atoms with Crippen molar-refractivity contribution in [3.05, 3.63) is 39.8 Å². The molecule has 0 bridgehead atoms. The van der Waals surface area contributed by atoms with Crippen LogP contribution in [0.5, 0.6) is 0 Å². The first kappa shape index (κ1) is 12.8. The molecule has 2 aromatic rings. The van der Waals surface area contributed by atoms with Gasteiger partial charge in [0.1, 0.15) is 5.69 Å². The lowest BCUT2D eigenvalue weighted by Crippen LogP contribution is -2.14. The standard InChI is InChI=1S/C14H18N2O2/c1-4-10-14(18)16-11-6-5-9(7-12(11)15-10)13(17)8(2)3/h5-8,13,17H,4H2,1-3H3,(H,16,18). The van der Waals surface area contributed by atoms with Crippen LogP contribution in [0.25, 0.3) is 11.0 Å². The predicted octanol–water partition coefficient (Wildman–Crippen LogP) is 2.17. The van der Waals surface area contributed by atoms with Crippen molar-refractivity contribution in [1.29, 1.82) is 0 Å². The normalized spacial score (nSPS) is 13.2. The van der Waals surface area contributed by atoms with Crippen LogP contribution in [0.15, 0.2) is 23.0 Å². The summed E-state index contributed by atoms with van der Waals surface area (Å²) in [5, 5.41) is 10.0. The van der Waals surface area contributed by atoms with Gasteiger partial charge in [0.15, 0.2) is 0 Å². The topological polar surface area (TPSA) is 66.0 Å². The smallest absolute Gasteiger partial charge is 0.270 e. The van der Waals surface area contributed by atoms with E-state index in [9.17, 15) is 9.90 Å². The van der Waals surface area contributed by atoms with E-state index in [0.29, 0.717) is 17.6 Å². The maximum Gasteiger partial charge on any atom is 0.270 e.